The van der Waals surface area contributed by atoms with E-state index in [1.54, 1.807) is 4.90 Å². The summed E-state index contributed by atoms with van der Waals surface area (Å²) in [5, 5.41) is 10.9. The molecule has 2 atom stereocenters. The fraction of sp³-hybridized carbons (Fsp3) is 0.263. The van der Waals surface area contributed by atoms with E-state index in [0.717, 1.165) is 23.7 Å². The Morgan fingerprint density at radius 1 is 1.30 bits per heavy atom. The minimum Gasteiger partial charge on any atom is -0.449 e. The molecule has 0 aromatic heterocycles. The third-order valence-corrected chi connectivity index (χ3v) is 4.79. The second-order valence-corrected chi connectivity index (χ2v) is 6.77. The molecule has 0 radical (unpaired) electrons. The Bertz CT molecular complexity index is 930. The molecular formula is C19H17ClN2O5. The molecule has 0 spiro atoms. The predicted octanol–water partition coefficient (Wildman–Crippen LogP) is 3.77. The van der Waals surface area contributed by atoms with Crippen LogP contribution in [0.5, 0.6) is 0 Å². The zero-order valence-electron chi connectivity index (χ0n) is 14.7. The molecule has 8 heteroatoms. The van der Waals surface area contributed by atoms with Crippen LogP contribution in [0.1, 0.15) is 29.8 Å². The number of ether oxygens (including phenoxy) is 1. The number of nitrogens with zero attached hydrogens (tertiary/aromatic N) is 2. The van der Waals surface area contributed by atoms with Gasteiger partial charge < -0.3 is 9.64 Å². The smallest absolute Gasteiger partial charge is 0.340 e. The molecule has 1 heterocycles. The van der Waals surface area contributed by atoms with Crippen molar-refractivity contribution in [2.45, 2.75) is 32.4 Å². The number of non-ortho nitro benzene ring substituents is 1. The van der Waals surface area contributed by atoms with Crippen molar-refractivity contribution in [2.24, 2.45) is 0 Å². The van der Waals surface area contributed by atoms with Crippen molar-refractivity contribution < 1.29 is 19.2 Å². The number of halogens is 1. The number of anilines is 1. The Morgan fingerprint density at radius 3 is 2.70 bits per heavy atom. The minimum absolute atomic E-state index is 0.0186. The normalized spacial score (nSPS) is 16.6. The third kappa shape index (κ3) is 3.64. The van der Waals surface area contributed by atoms with Crippen LogP contribution < -0.4 is 4.90 Å². The fourth-order valence-electron chi connectivity index (χ4n) is 3.15. The summed E-state index contributed by atoms with van der Waals surface area (Å²) in [5.41, 5.74) is 1.41. The lowest BCUT2D eigenvalue weighted by atomic mass is 10.1. The van der Waals surface area contributed by atoms with Crippen LogP contribution in [-0.2, 0) is 16.0 Å². The van der Waals surface area contributed by atoms with Gasteiger partial charge in [-0.05, 0) is 38.0 Å². The lowest BCUT2D eigenvalue weighted by Crippen LogP contribution is -2.43. The maximum absolute atomic E-state index is 12.9. The molecule has 0 saturated carbocycles. The van der Waals surface area contributed by atoms with E-state index in [-0.39, 0.29) is 28.2 Å². The first-order valence-corrected chi connectivity index (χ1v) is 8.73. The Kier molecular flexibility index (Phi) is 5.14. The van der Waals surface area contributed by atoms with Crippen molar-refractivity contribution >= 4 is 34.9 Å². The molecule has 3 rings (SSSR count). The van der Waals surface area contributed by atoms with Gasteiger partial charge in [-0.25, -0.2) is 4.79 Å². The molecule has 27 heavy (non-hydrogen) atoms. The van der Waals surface area contributed by atoms with E-state index in [9.17, 15) is 19.7 Å². The van der Waals surface area contributed by atoms with Gasteiger partial charge >= 0.3 is 5.97 Å². The first-order valence-electron chi connectivity index (χ1n) is 8.35. The van der Waals surface area contributed by atoms with Gasteiger partial charge in [0.25, 0.3) is 11.6 Å². The maximum Gasteiger partial charge on any atom is 0.340 e. The van der Waals surface area contributed by atoms with Crippen LogP contribution >= 0.6 is 11.6 Å². The van der Waals surface area contributed by atoms with E-state index in [2.05, 4.69) is 0 Å². The highest BCUT2D eigenvalue weighted by Gasteiger charge is 2.34. The van der Waals surface area contributed by atoms with Gasteiger partial charge in [-0.15, -0.1) is 0 Å². The van der Waals surface area contributed by atoms with Gasteiger partial charge in [0.15, 0.2) is 6.10 Å². The summed E-state index contributed by atoms with van der Waals surface area (Å²) in [4.78, 5) is 37.1. The molecule has 2 aromatic carbocycles. The lowest BCUT2D eigenvalue weighted by Gasteiger charge is -2.26. The van der Waals surface area contributed by atoms with Crippen LogP contribution in [-0.4, -0.2) is 28.9 Å². The van der Waals surface area contributed by atoms with Crippen LogP contribution in [0, 0.1) is 10.1 Å². The standard InChI is InChI=1S/C19H17ClN2O5/c1-11-9-13-5-3-4-6-17(13)21(11)18(23)12(2)27-19(24)15-10-14(22(25)26)7-8-16(15)20/h3-8,10-12H,9H2,1-2H3. The highest BCUT2D eigenvalue weighted by molar-refractivity contribution is 6.33. The maximum atomic E-state index is 12.9. The Balaban J connectivity index is 1.78. The summed E-state index contributed by atoms with van der Waals surface area (Å²) in [5.74, 6) is -1.24. The van der Waals surface area contributed by atoms with Crippen molar-refractivity contribution in [3.8, 4) is 0 Å². The predicted molar refractivity (Wildman–Crippen MR) is 100 cm³/mol. The fourth-order valence-corrected chi connectivity index (χ4v) is 3.35. The van der Waals surface area contributed by atoms with Gasteiger partial charge in [0.2, 0.25) is 0 Å². The van der Waals surface area contributed by atoms with E-state index in [1.807, 2.05) is 31.2 Å². The number of para-hydroxylation sites is 1. The molecule has 0 bridgehead atoms. The summed E-state index contributed by atoms with van der Waals surface area (Å²) in [6, 6.07) is 11.0. The third-order valence-electron chi connectivity index (χ3n) is 4.46. The number of rotatable bonds is 4. The van der Waals surface area contributed by atoms with Crippen LogP contribution in [0.25, 0.3) is 0 Å². The second kappa shape index (κ2) is 7.36. The summed E-state index contributed by atoms with van der Waals surface area (Å²) in [6.07, 6.45) is -0.347. The average molecular weight is 389 g/mol. The van der Waals surface area contributed by atoms with E-state index in [1.165, 1.54) is 19.1 Å². The molecule has 2 aromatic rings. The summed E-state index contributed by atoms with van der Waals surface area (Å²) < 4.78 is 5.25. The number of carbonyl (C=O) groups is 2. The summed E-state index contributed by atoms with van der Waals surface area (Å²) in [7, 11) is 0. The second-order valence-electron chi connectivity index (χ2n) is 6.36. The summed E-state index contributed by atoms with van der Waals surface area (Å²) in [6.45, 7) is 3.39. The minimum atomic E-state index is -1.07. The van der Waals surface area contributed by atoms with Crippen molar-refractivity contribution in [3.05, 3.63) is 68.7 Å². The quantitative estimate of drug-likeness (QED) is 0.451. The molecule has 7 nitrogen and oxygen atoms in total. The molecule has 1 aliphatic heterocycles. The monoisotopic (exact) mass is 388 g/mol. The number of fused-ring (bicyclic) bond motifs is 1. The molecule has 0 fully saturated rings. The Morgan fingerprint density at radius 2 is 2.00 bits per heavy atom. The van der Waals surface area contributed by atoms with Crippen LogP contribution in [0.4, 0.5) is 11.4 Å². The van der Waals surface area contributed by atoms with Gasteiger partial charge in [-0.2, -0.15) is 0 Å². The SMILES string of the molecule is CC(OC(=O)c1cc([N+](=O)[O-])ccc1Cl)C(=O)N1c2ccccc2CC1C. The highest BCUT2D eigenvalue weighted by Crippen LogP contribution is 2.32. The molecular weight excluding hydrogens is 372 g/mol. The van der Waals surface area contributed by atoms with Crippen molar-refractivity contribution in [2.75, 3.05) is 4.90 Å². The lowest BCUT2D eigenvalue weighted by molar-refractivity contribution is -0.384. The van der Waals surface area contributed by atoms with Gasteiger partial charge in [0.1, 0.15) is 0 Å². The van der Waals surface area contributed by atoms with E-state index >= 15 is 0 Å². The van der Waals surface area contributed by atoms with Crippen LogP contribution in [0.2, 0.25) is 5.02 Å². The Hall–Kier alpha value is -2.93. The van der Waals surface area contributed by atoms with Gasteiger partial charge in [-0.3, -0.25) is 14.9 Å². The zero-order chi connectivity index (χ0) is 19.7. The first-order chi connectivity index (χ1) is 12.8. The molecule has 2 unspecified atom stereocenters. The van der Waals surface area contributed by atoms with Crippen LogP contribution in [0.3, 0.4) is 0 Å². The number of benzene rings is 2. The van der Waals surface area contributed by atoms with Gasteiger partial charge in [0, 0.05) is 23.9 Å². The number of esters is 1. The molecule has 140 valence electrons. The molecule has 0 saturated heterocycles. The van der Waals surface area contributed by atoms with E-state index in [4.69, 9.17) is 16.3 Å². The largest absolute Gasteiger partial charge is 0.449 e. The summed E-state index contributed by atoms with van der Waals surface area (Å²) >= 11 is 5.96. The average Bonchev–Trinajstić information content (AvgIpc) is 2.96. The number of amides is 1. The molecule has 1 aliphatic rings. The van der Waals surface area contributed by atoms with Crippen molar-refractivity contribution in [1.29, 1.82) is 0 Å². The number of hydrogen-bond acceptors (Lipinski definition) is 5. The van der Waals surface area contributed by atoms with Crippen molar-refractivity contribution in [1.82, 2.24) is 0 Å². The first kappa shape index (κ1) is 18.8. The van der Waals surface area contributed by atoms with Gasteiger partial charge in [-0.1, -0.05) is 29.8 Å². The molecule has 0 aliphatic carbocycles. The zero-order valence-corrected chi connectivity index (χ0v) is 15.5. The number of hydrogen-bond donors (Lipinski definition) is 0. The van der Waals surface area contributed by atoms with Crippen molar-refractivity contribution in [3.63, 3.8) is 0 Å². The van der Waals surface area contributed by atoms with E-state index < -0.39 is 17.0 Å². The molecule has 0 N–H and O–H groups in total. The highest BCUT2D eigenvalue weighted by atomic mass is 35.5. The number of carbonyl (C=O) groups excluding carboxylic acids is 2. The van der Waals surface area contributed by atoms with E-state index in [0.29, 0.717) is 0 Å². The number of nitro benzene ring substituents is 1. The Labute approximate surface area is 160 Å². The topological polar surface area (TPSA) is 89.7 Å². The van der Waals surface area contributed by atoms with Crippen LogP contribution in [0.15, 0.2) is 42.5 Å². The number of nitro groups is 1. The van der Waals surface area contributed by atoms with Gasteiger partial charge in [0.05, 0.1) is 15.5 Å². The molecule has 1 amide bonds.